The standard InChI is InChI=1S/C21H29BN4O4/c1-15(2)11-17(13-23)20(27)26-10-6-9-18(26)14-24-21(28)25-19(22(29)30)12-16-7-4-3-5-8-16/h3-5,7-8,11,15,18-19,29-30H,6,9-10,12,14H2,1-2H3,(H2,24,25,28)/t18-,19-/m0/s1. The summed E-state index contributed by atoms with van der Waals surface area (Å²) in [5.41, 5.74) is 0.983. The molecule has 0 radical (unpaired) electrons. The molecule has 9 heteroatoms. The maximum absolute atomic E-state index is 12.7. The molecular formula is C21H29BN4O4. The van der Waals surface area contributed by atoms with Gasteiger partial charge in [0.2, 0.25) is 0 Å². The van der Waals surface area contributed by atoms with Gasteiger partial charge in [-0.2, -0.15) is 5.26 Å². The van der Waals surface area contributed by atoms with Gasteiger partial charge in [-0.05, 0) is 30.7 Å². The van der Waals surface area contributed by atoms with Crippen LogP contribution in [0.15, 0.2) is 42.0 Å². The van der Waals surface area contributed by atoms with Crippen LogP contribution in [0.2, 0.25) is 0 Å². The molecule has 3 amide bonds. The van der Waals surface area contributed by atoms with Gasteiger partial charge in [-0.25, -0.2) is 4.79 Å². The first-order valence-corrected chi connectivity index (χ1v) is 10.2. The smallest absolute Gasteiger partial charge is 0.426 e. The largest absolute Gasteiger partial charge is 0.475 e. The van der Waals surface area contributed by atoms with E-state index < -0.39 is 19.1 Å². The van der Waals surface area contributed by atoms with E-state index in [4.69, 9.17) is 0 Å². The minimum absolute atomic E-state index is 0.0833. The van der Waals surface area contributed by atoms with Gasteiger partial charge in [-0.3, -0.25) is 4.79 Å². The molecular weight excluding hydrogens is 383 g/mol. The number of amides is 3. The first-order chi connectivity index (χ1) is 14.3. The lowest BCUT2D eigenvalue weighted by Gasteiger charge is -2.25. The monoisotopic (exact) mass is 412 g/mol. The van der Waals surface area contributed by atoms with E-state index in [2.05, 4.69) is 10.6 Å². The van der Waals surface area contributed by atoms with Gasteiger partial charge in [0.25, 0.3) is 5.91 Å². The zero-order valence-corrected chi connectivity index (χ0v) is 17.4. The van der Waals surface area contributed by atoms with Crippen molar-refractivity contribution >= 4 is 19.1 Å². The lowest BCUT2D eigenvalue weighted by atomic mass is 9.76. The molecule has 160 valence electrons. The van der Waals surface area contributed by atoms with Crippen LogP contribution < -0.4 is 10.6 Å². The summed E-state index contributed by atoms with van der Waals surface area (Å²) in [4.78, 5) is 26.6. The predicted molar refractivity (Wildman–Crippen MR) is 114 cm³/mol. The number of benzene rings is 1. The third-order valence-corrected chi connectivity index (χ3v) is 4.96. The van der Waals surface area contributed by atoms with Crippen molar-refractivity contribution in [3.05, 3.63) is 47.5 Å². The van der Waals surface area contributed by atoms with Crippen LogP contribution in [0.4, 0.5) is 4.79 Å². The molecule has 8 nitrogen and oxygen atoms in total. The fourth-order valence-corrected chi connectivity index (χ4v) is 3.49. The quantitative estimate of drug-likeness (QED) is 0.288. The van der Waals surface area contributed by atoms with E-state index in [1.54, 1.807) is 11.0 Å². The Morgan fingerprint density at radius 2 is 2.03 bits per heavy atom. The fourth-order valence-electron chi connectivity index (χ4n) is 3.49. The van der Waals surface area contributed by atoms with Gasteiger partial charge in [-0.15, -0.1) is 0 Å². The average Bonchev–Trinajstić information content (AvgIpc) is 3.18. The van der Waals surface area contributed by atoms with Gasteiger partial charge in [0.1, 0.15) is 11.6 Å². The number of hydrogen-bond acceptors (Lipinski definition) is 5. The highest BCUT2D eigenvalue weighted by Gasteiger charge is 2.31. The van der Waals surface area contributed by atoms with Gasteiger partial charge in [0, 0.05) is 19.1 Å². The van der Waals surface area contributed by atoms with E-state index >= 15 is 0 Å². The van der Waals surface area contributed by atoms with Crippen molar-refractivity contribution in [3.8, 4) is 6.07 Å². The van der Waals surface area contributed by atoms with E-state index in [0.717, 1.165) is 18.4 Å². The van der Waals surface area contributed by atoms with Crippen LogP contribution >= 0.6 is 0 Å². The molecule has 1 aliphatic heterocycles. The summed E-state index contributed by atoms with van der Waals surface area (Å²) < 4.78 is 0. The van der Waals surface area contributed by atoms with Crippen molar-refractivity contribution in [1.82, 2.24) is 15.5 Å². The minimum atomic E-state index is -1.71. The lowest BCUT2D eigenvalue weighted by molar-refractivity contribution is -0.127. The third kappa shape index (κ3) is 6.90. The second kappa shape index (κ2) is 11.4. The van der Waals surface area contributed by atoms with Crippen molar-refractivity contribution < 1.29 is 19.6 Å². The number of nitriles is 1. The third-order valence-electron chi connectivity index (χ3n) is 4.96. The van der Waals surface area contributed by atoms with Crippen molar-refractivity contribution in [1.29, 1.82) is 5.26 Å². The molecule has 0 aliphatic carbocycles. The summed E-state index contributed by atoms with van der Waals surface area (Å²) in [7, 11) is -1.71. The maximum atomic E-state index is 12.7. The second-order valence-corrected chi connectivity index (χ2v) is 7.79. The molecule has 4 N–H and O–H groups in total. The first kappa shape index (κ1) is 23.5. The number of urea groups is 1. The molecule has 0 unspecified atom stereocenters. The number of carbonyl (C=O) groups is 2. The van der Waals surface area contributed by atoms with Crippen molar-refractivity contribution in [2.45, 2.75) is 45.1 Å². The summed E-state index contributed by atoms with van der Waals surface area (Å²) in [5.74, 6) is -1.10. The van der Waals surface area contributed by atoms with Crippen LogP contribution in [0, 0.1) is 17.2 Å². The molecule has 1 aromatic rings. The Labute approximate surface area is 177 Å². The zero-order chi connectivity index (χ0) is 22.1. The fraction of sp³-hybridized carbons (Fsp3) is 0.476. The summed E-state index contributed by atoms with van der Waals surface area (Å²) >= 11 is 0. The minimum Gasteiger partial charge on any atom is -0.426 e. The molecule has 0 aromatic heterocycles. The van der Waals surface area contributed by atoms with E-state index in [1.807, 2.05) is 50.2 Å². The van der Waals surface area contributed by atoms with Crippen molar-refractivity contribution in [2.24, 2.45) is 5.92 Å². The Morgan fingerprint density at radius 3 is 2.63 bits per heavy atom. The van der Waals surface area contributed by atoms with Gasteiger partial charge < -0.3 is 25.6 Å². The number of nitrogens with one attached hydrogen (secondary N) is 2. The van der Waals surface area contributed by atoms with Crippen molar-refractivity contribution in [3.63, 3.8) is 0 Å². The van der Waals surface area contributed by atoms with Crippen LogP contribution in [0.3, 0.4) is 0 Å². The molecule has 2 rings (SSSR count). The Balaban J connectivity index is 1.92. The van der Waals surface area contributed by atoms with E-state index in [1.165, 1.54) is 0 Å². The number of hydrogen-bond donors (Lipinski definition) is 4. The summed E-state index contributed by atoms with van der Waals surface area (Å²) in [6, 6.07) is 10.4. The Morgan fingerprint density at radius 1 is 1.33 bits per heavy atom. The maximum Gasteiger partial charge on any atom is 0.475 e. The van der Waals surface area contributed by atoms with E-state index in [9.17, 15) is 24.9 Å². The Hall–Kier alpha value is -2.83. The highest BCUT2D eigenvalue weighted by atomic mass is 16.4. The normalized spacial score (nSPS) is 17.4. The highest BCUT2D eigenvalue weighted by Crippen LogP contribution is 2.19. The summed E-state index contributed by atoms with van der Waals surface area (Å²) in [5, 5.41) is 33.8. The van der Waals surface area contributed by atoms with Crippen LogP contribution in [0.5, 0.6) is 0 Å². The summed E-state index contributed by atoms with van der Waals surface area (Å²) in [6.07, 6.45) is 3.44. The molecule has 1 heterocycles. The van der Waals surface area contributed by atoms with Gasteiger partial charge in [0.15, 0.2) is 0 Å². The molecule has 2 atom stereocenters. The summed E-state index contributed by atoms with van der Waals surface area (Å²) in [6.45, 7) is 4.56. The molecule has 0 saturated carbocycles. The Bertz CT molecular complexity index is 792. The topological polar surface area (TPSA) is 126 Å². The van der Waals surface area contributed by atoms with Crippen LogP contribution in [0.1, 0.15) is 32.3 Å². The number of likely N-dealkylation sites (tertiary alicyclic amines) is 1. The van der Waals surface area contributed by atoms with Crippen molar-refractivity contribution in [2.75, 3.05) is 13.1 Å². The number of nitrogens with zero attached hydrogens (tertiary/aromatic N) is 2. The molecule has 0 spiro atoms. The molecule has 1 aliphatic rings. The van der Waals surface area contributed by atoms with Crippen LogP contribution in [-0.4, -0.2) is 59.1 Å². The second-order valence-electron chi connectivity index (χ2n) is 7.79. The van der Waals surface area contributed by atoms with Gasteiger partial charge in [0.05, 0.1) is 5.94 Å². The van der Waals surface area contributed by atoms with Crippen LogP contribution in [0.25, 0.3) is 0 Å². The number of rotatable bonds is 8. The lowest BCUT2D eigenvalue weighted by Crippen LogP contribution is -2.53. The highest BCUT2D eigenvalue weighted by molar-refractivity contribution is 6.43. The van der Waals surface area contributed by atoms with E-state index in [0.29, 0.717) is 6.54 Å². The zero-order valence-electron chi connectivity index (χ0n) is 17.4. The molecule has 1 aromatic carbocycles. The molecule has 30 heavy (non-hydrogen) atoms. The number of carbonyl (C=O) groups excluding carboxylic acids is 2. The Kier molecular flexibility index (Phi) is 8.90. The molecule has 1 fully saturated rings. The number of allylic oxidation sites excluding steroid dienone is 1. The first-order valence-electron chi connectivity index (χ1n) is 10.2. The average molecular weight is 412 g/mol. The predicted octanol–water partition coefficient (Wildman–Crippen LogP) is 1.01. The molecule has 1 saturated heterocycles. The molecule has 0 bridgehead atoms. The van der Waals surface area contributed by atoms with Crippen LogP contribution in [-0.2, 0) is 11.2 Å². The van der Waals surface area contributed by atoms with Gasteiger partial charge >= 0.3 is 13.1 Å². The van der Waals surface area contributed by atoms with Gasteiger partial charge in [-0.1, -0.05) is 50.3 Å². The van der Waals surface area contributed by atoms with E-state index in [-0.39, 0.29) is 36.4 Å². The SMILES string of the molecule is CC(C)C=C(C#N)C(=O)N1CCC[C@H]1CNC(=O)N[C@@H](Cc1ccccc1)B(O)O.